The van der Waals surface area contributed by atoms with Crippen molar-refractivity contribution in [2.24, 2.45) is 17.3 Å². The topological polar surface area (TPSA) is 50.2 Å². The number of carbonyl (C=O) groups excluding carboxylic acids is 1. The average Bonchev–Trinajstić information content (AvgIpc) is 3.16. The highest BCUT2D eigenvalue weighted by atomic mass is 16.3. The Morgan fingerprint density at radius 1 is 1.08 bits per heavy atom. The van der Waals surface area contributed by atoms with Gasteiger partial charge in [0.2, 0.25) is 0 Å². The number of aliphatic hydroxyl groups is 1. The van der Waals surface area contributed by atoms with Gasteiger partial charge >= 0.3 is 0 Å². The molecular formula is C35H41NO2. The first-order chi connectivity index (χ1) is 18.3. The minimum Gasteiger partial charge on any atom is -0.389 e. The molecule has 3 heteroatoms. The molecule has 4 aliphatic rings. The summed E-state index contributed by atoms with van der Waals surface area (Å²) in [6.45, 7) is 8.62. The number of pyridine rings is 1. The molecule has 2 aromatic rings. The van der Waals surface area contributed by atoms with Crippen LogP contribution in [-0.2, 0) is 17.6 Å². The first-order valence-corrected chi connectivity index (χ1v) is 14.6. The van der Waals surface area contributed by atoms with Crippen LogP contribution in [-0.4, -0.2) is 21.5 Å². The zero-order chi connectivity index (χ0) is 26.5. The van der Waals surface area contributed by atoms with Gasteiger partial charge in [-0.1, -0.05) is 48.4 Å². The summed E-state index contributed by atoms with van der Waals surface area (Å²) in [5.41, 5.74) is 8.43. The summed E-state index contributed by atoms with van der Waals surface area (Å²) in [7, 11) is 0. The number of allylic oxidation sites excluding steroid dienone is 4. The lowest BCUT2D eigenvalue weighted by Gasteiger charge is -2.55. The minimum absolute atomic E-state index is 0.144. The summed E-state index contributed by atoms with van der Waals surface area (Å²) in [5, 5.41) is 12.1. The lowest BCUT2D eigenvalue weighted by atomic mass is 9.50. The zero-order valence-electron chi connectivity index (χ0n) is 23.0. The van der Waals surface area contributed by atoms with Gasteiger partial charge in [-0.2, -0.15) is 0 Å². The Hall–Kier alpha value is -2.78. The lowest BCUT2D eigenvalue weighted by molar-refractivity contribution is -0.114. The van der Waals surface area contributed by atoms with Crippen LogP contribution < -0.4 is 0 Å². The molecule has 1 aromatic heterocycles. The molecular weight excluding hydrogens is 466 g/mol. The number of aryl methyl sites for hydroxylation is 2. The third kappa shape index (κ3) is 4.33. The molecule has 2 fully saturated rings. The van der Waals surface area contributed by atoms with Gasteiger partial charge in [-0.25, -0.2) is 0 Å². The van der Waals surface area contributed by atoms with Crippen LogP contribution in [0.1, 0.15) is 88.0 Å². The molecule has 38 heavy (non-hydrogen) atoms. The van der Waals surface area contributed by atoms with Crippen LogP contribution >= 0.6 is 0 Å². The van der Waals surface area contributed by atoms with E-state index in [-0.39, 0.29) is 17.1 Å². The van der Waals surface area contributed by atoms with E-state index in [2.05, 4.69) is 61.8 Å². The van der Waals surface area contributed by atoms with Crippen LogP contribution in [0, 0.1) is 17.3 Å². The summed E-state index contributed by atoms with van der Waals surface area (Å²) in [6, 6.07) is 15.4. The second-order valence-electron chi connectivity index (χ2n) is 12.8. The van der Waals surface area contributed by atoms with E-state index in [9.17, 15) is 9.90 Å². The molecule has 198 valence electrons. The first-order valence-electron chi connectivity index (χ1n) is 14.6. The van der Waals surface area contributed by atoms with Crippen molar-refractivity contribution >= 4 is 5.78 Å². The number of hydrogen-bond acceptors (Lipinski definition) is 3. The number of ketones is 1. The molecule has 0 amide bonds. The largest absolute Gasteiger partial charge is 0.389 e. The molecule has 0 radical (unpaired) electrons. The SMILES string of the molecule is C=C(C)CC1(O)CCC2C3CCC4=CC(=O)CCC4=C3C(c3ccc(CCc4ccccn4)cc3)CC21C. The number of benzene rings is 1. The summed E-state index contributed by atoms with van der Waals surface area (Å²) in [5.74, 6) is 1.55. The maximum Gasteiger partial charge on any atom is 0.156 e. The van der Waals surface area contributed by atoms with Crippen LogP contribution in [0.15, 0.2) is 83.6 Å². The van der Waals surface area contributed by atoms with Crippen molar-refractivity contribution in [1.82, 2.24) is 4.98 Å². The molecule has 0 saturated heterocycles. The molecule has 4 aliphatic carbocycles. The summed E-state index contributed by atoms with van der Waals surface area (Å²) >= 11 is 0. The summed E-state index contributed by atoms with van der Waals surface area (Å²) < 4.78 is 0. The van der Waals surface area contributed by atoms with Gasteiger partial charge in [-0.05, 0) is 117 Å². The molecule has 3 nitrogen and oxygen atoms in total. The molecule has 1 heterocycles. The predicted octanol–water partition coefficient (Wildman–Crippen LogP) is 7.46. The molecule has 1 aromatic carbocycles. The molecule has 2 saturated carbocycles. The van der Waals surface area contributed by atoms with Gasteiger partial charge in [-0.3, -0.25) is 9.78 Å². The van der Waals surface area contributed by atoms with Gasteiger partial charge in [0, 0.05) is 29.6 Å². The first kappa shape index (κ1) is 25.5. The van der Waals surface area contributed by atoms with Crippen molar-refractivity contribution < 1.29 is 9.90 Å². The van der Waals surface area contributed by atoms with E-state index in [1.54, 1.807) is 5.57 Å². The number of nitrogens with zero attached hydrogens (tertiary/aromatic N) is 1. The van der Waals surface area contributed by atoms with E-state index in [1.807, 2.05) is 18.3 Å². The molecule has 1 N–H and O–H groups in total. The molecule has 5 atom stereocenters. The van der Waals surface area contributed by atoms with E-state index in [0.29, 0.717) is 24.7 Å². The second-order valence-corrected chi connectivity index (χ2v) is 12.8. The van der Waals surface area contributed by atoms with E-state index in [1.165, 1.54) is 22.3 Å². The fourth-order valence-electron chi connectivity index (χ4n) is 8.58. The van der Waals surface area contributed by atoms with Crippen molar-refractivity contribution in [1.29, 1.82) is 0 Å². The Morgan fingerprint density at radius 2 is 1.89 bits per heavy atom. The smallest absolute Gasteiger partial charge is 0.156 e. The van der Waals surface area contributed by atoms with Gasteiger partial charge in [0.05, 0.1) is 5.60 Å². The standard InChI is InChI=1S/C35H41NO2/c1-23(2)21-35(38)18-17-32-30-15-12-26-20-28(37)14-16-29(26)33(30)31(22-34(32,35)3)25-10-7-24(8-11-25)9-13-27-6-4-5-19-36-27/h4-8,10-11,19-20,30-32,38H,1,9,12-18,21-22H2,2-3H3. The highest BCUT2D eigenvalue weighted by molar-refractivity contribution is 5.93. The Labute approximate surface area is 227 Å². The fourth-order valence-corrected chi connectivity index (χ4v) is 8.58. The number of hydrogen-bond donors (Lipinski definition) is 1. The highest BCUT2D eigenvalue weighted by Crippen LogP contribution is 2.67. The fraction of sp³-hybridized carbons (Fsp3) is 0.486. The van der Waals surface area contributed by atoms with E-state index >= 15 is 0 Å². The van der Waals surface area contributed by atoms with Crippen LogP contribution in [0.2, 0.25) is 0 Å². The van der Waals surface area contributed by atoms with E-state index in [0.717, 1.165) is 62.6 Å². The van der Waals surface area contributed by atoms with Crippen molar-refractivity contribution in [2.75, 3.05) is 0 Å². The Bertz CT molecular complexity index is 1300. The summed E-state index contributed by atoms with van der Waals surface area (Å²) in [6.07, 6.45) is 12.9. The van der Waals surface area contributed by atoms with Gasteiger partial charge in [-0.15, -0.1) is 6.58 Å². The van der Waals surface area contributed by atoms with E-state index in [4.69, 9.17) is 0 Å². The number of rotatable bonds is 6. The van der Waals surface area contributed by atoms with Gasteiger partial charge in [0.1, 0.15) is 0 Å². The monoisotopic (exact) mass is 507 g/mol. The number of aromatic nitrogens is 1. The maximum atomic E-state index is 12.3. The van der Waals surface area contributed by atoms with Crippen molar-refractivity contribution in [3.05, 3.63) is 100 Å². The van der Waals surface area contributed by atoms with Gasteiger partial charge < -0.3 is 5.11 Å². The average molecular weight is 508 g/mol. The quantitative estimate of drug-likeness (QED) is 0.413. The predicted molar refractivity (Wildman–Crippen MR) is 153 cm³/mol. The van der Waals surface area contributed by atoms with Crippen molar-refractivity contribution in [3.8, 4) is 0 Å². The molecule has 0 bridgehead atoms. The Balaban J connectivity index is 1.37. The lowest BCUT2D eigenvalue weighted by Crippen LogP contribution is -2.51. The zero-order valence-corrected chi connectivity index (χ0v) is 23.0. The molecule has 0 spiro atoms. The third-order valence-corrected chi connectivity index (χ3v) is 10.4. The molecule has 0 aliphatic heterocycles. The van der Waals surface area contributed by atoms with Crippen molar-refractivity contribution in [2.45, 2.75) is 89.6 Å². The number of carbonyl (C=O) groups is 1. The van der Waals surface area contributed by atoms with Gasteiger partial charge in [0.25, 0.3) is 0 Å². The molecule has 5 unspecified atom stereocenters. The van der Waals surface area contributed by atoms with Crippen LogP contribution in [0.25, 0.3) is 0 Å². The van der Waals surface area contributed by atoms with Gasteiger partial charge in [0.15, 0.2) is 5.78 Å². The Morgan fingerprint density at radius 3 is 2.63 bits per heavy atom. The summed E-state index contributed by atoms with van der Waals surface area (Å²) in [4.78, 5) is 16.8. The maximum absolute atomic E-state index is 12.3. The second kappa shape index (κ2) is 9.75. The normalized spacial score (nSPS) is 32.3. The van der Waals surface area contributed by atoms with Crippen molar-refractivity contribution in [3.63, 3.8) is 0 Å². The molecule has 6 rings (SSSR count). The third-order valence-electron chi connectivity index (χ3n) is 10.4. The van der Waals surface area contributed by atoms with Crippen LogP contribution in [0.5, 0.6) is 0 Å². The number of fused-ring (bicyclic) bond motifs is 4. The van der Waals surface area contributed by atoms with E-state index < -0.39 is 5.60 Å². The minimum atomic E-state index is -0.695. The Kier molecular flexibility index (Phi) is 6.54. The highest BCUT2D eigenvalue weighted by Gasteiger charge is 2.62. The van der Waals surface area contributed by atoms with Crippen LogP contribution in [0.4, 0.5) is 0 Å². The van der Waals surface area contributed by atoms with Crippen LogP contribution in [0.3, 0.4) is 0 Å².